The van der Waals surface area contributed by atoms with Crippen LogP contribution in [-0.2, 0) is 13.1 Å². The van der Waals surface area contributed by atoms with Crippen molar-refractivity contribution in [1.82, 2.24) is 24.7 Å². The number of hydrogen-bond donors (Lipinski definition) is 1. The Hall–Kier alpha value is -2.76. The minimum absolute atomic E-state index is 0.633. The molecule has 0 aliphatic rings. The SMILES string of the molecule is c1cnc(NCc2cccc(Cn3cncn3)c2)nc1. The predicted octanol–water partition coefficient (Wildman–Crippen LogP) is 1.73. The Morgan fingerprint density at radius 3 is 2.70 bits per heavy atom. The predicted molar refractivity (Wildman–Crippen MR) is 74.9 cm³/mol. The van der Waals surface area contributed by atoms with Crippen molar-refractivity contribution in [3.63, 3.8) is 0 Å². The fourth-order valence-corrected chi connectivity index (χ4v) is 1.91. The summed E-state index contributed by atoms with van der Waals surface area (Å²) in [5, 5.41) is 7.29. The summed E-state index contributed by atoms with van der Waals surface area (Å²) in [4.78, 5) is 12.2. The van der Waals surface area contributed by atoms with Crippen molar-refractivity contribution in [2.24, 2.45) is 0 Å². The van der Waals surface area contributed by atoms with Crippen molar-refractivity contribution in [1.29, 1.82) is 0 Å². The summed E-state index contributed by atoms with van der Waals surface area (Å²) in [6, 6.07) is 10.1. The zero-order valence-corrected chi connectivity index (χ0v) is 10.8. The molecule has 0 atom stereocenters. The van der Waals surface area contributed by atoms with Crippen LogP contribution in [0.5, 0.6) is 0 Å². The maximum absolute atomic E-state index is 4.13. The monoisotopic (exact) mass is 266 g/mol. The molecule has 3 aromatic rings. The number of rotatable bonds is 5. The van der Waals surface area contributed by atoms with E-state index in [0.29, 0.717) is 12.5 Å². The van der Waals surface area contributed by atoms with Gasteiger partial charge in [0.25, 0.3) is 0 Å². The second kappa shape index (κ2) is 5.92. The second-order valence-corrected chi connectivity index (χ2v) is 4.34. The summed E-state index contributed by atoms with van der Waals surface area (Å²) in [6.07, 6.45) is 6.69. The first-order chi connectivity index (χ1) is 9.90. The molecule has 1 N–H and O–H groups in total. The normalized spacial score (nSPS) is 10.4. The summed E-state index contributed by atoms with van der Waals surface area (Å²) < 4.78 is 1.80. The molecule has 0 amide bonds. The number of hydrogen-bond acceptors (Lipinski definition) is 5. The van der Waals surface area contributed by atoms with E-state index in [4.69, 9.17) is 0 Å². The molecule has 20 heavy (non-hydrogen) atoms. The van der Waals surface area contributed by atoms with Gasteiger partial charge < -0.3 is 5.32 Å². The van der Waals surface area contributed by atoms with Crippen molar-refractivity contribution < 1.29 is 0 Å². The van der Waals surface area contributed by atoms with Gasteiger partial charge in [-0.3, -0.25) is 0 Å². The van der Waals surface area contributed by atoms with Crippen molar-refractivity contribution in [3.8, 4) is 0 Å². The van der Waals surface area contributed by atoms with Crippen molar-refractivity contribution >= 4 is 5.95 Å². The summed E-state index contributed by atoms with van der Waals surface area (Å²) >= 11 is 0. The van der Waals surface area contributed by atoms with Crippen LogP contribution in [0.15, 0.2) is 55.4 Å². The largest absolute Gasteiger partial charge is 0.350 e. The first-order valence-corrected chi connectivity index (χ1v) is 6.31. The highest BCUT2D eigenvalue weighted by Crippen LogP contribution is 2.08. The van der Waals surface area contributed by atoms with Crippen molar-refractivity contribution in [2.45, 2.75) is 13.1 Å². The van der Waals surface area contributed by atoms with Crippen LogP contribution in [0.1, 0.15) is 11.1 Å². The minimum Gasteiger partial charge on any atom is -0.350 e. The molecule has 3 rings (SSSR count). The molecule has 6 heteroatoms. The molecule has 0 bridgehead atoms. The molecule has 0 fully saturated rings. The van der Waals surface area contributed by atoms with Gasteiger partial charge in [0.2, 0.25) is 5.95 Å². The quantitative estimate of drug-likeness (QED) is 0.761. The maximum Gasteiger partial charge on any atom is 0.222 e. The Labute approximate surface area is 116 Å². The lowest BCUT2D eigenvalue weighted by atomic mass is 10.1. The molecule has 0 aliphatic carbocycles. The highest BCUT2D eigenvalue weighted by atomic mass is 15.3. The zero-order chi connectivity index (χ0) is 13.6. The van der Waals surface area contributed by atoms with Crippen LogP contribution in [-0.4, -0.2) is 24.7 Å². The molecule has 1 aromatic carbocycles. The Bertz CT molecular complexity index is 650. The number of nitrogens with one attached hydrogen (secondary N) is 1. The van der Waals surface area contributed by atoms with Crippen LogP contribution in [0, 0.1) is 0 Å². The standard InChI is InChI=1S/C14H14N6/c1-3-12(8-18-14-16-5-2-6-17-14)7-13(4-1)9-20-11-15-10-19-20/h1-7,10-11H,8-9H2,(H,16,17,18). The fraction of sp³-hybridized carbons (Fsp3) is 0.143. The van der Waals surface area contributed by atoms with Crippen LogP contribution in [0.25, 0.3) is 0 Å². The van der Waals surface area contributed by atoms with Crippen LogP contribution >= 0.6 is 0 Å². The zero-order valence-electron chi connectivity index (χ0n) is 10.8. The van der Waals surface area contributed by atoms with Crippen molar-refractivity contribution in [3.05, 3.63) is 66.5 Å². The number of nitrogens with zero attached hydrogens (tertiary/aromatic N) is 5. The number of benzene rings is 1. The molecule has 0 saturated carbocycles. The maximum atomic E-state index is 4.13. The van der Waals surface area contributed by atoms with Crippen molar-refractivity contribution in [2.75, 3.05) is 5.32 Å². The fourth-order valence-electron chi connectivity index (χ4n) is 1.91. The molecule has 0 unspecified atom stereocenters. The van der Waals surface area contributed by atoms with E-state index in [9.17, 15) is 0 Å². The van der Waals surface area contributed by atoms with Crippen LogP contribution in [0.4, 0.5) is 5.95 Å². The lowest BCUT2D eigenvalue weighted by molar-refractivity contribution is 0.684. The van der Waals surface area contributed by atoms with Gasteiger partial charge in [-0.25, -0.2) is 19.6 Å². The third-order valence-electron chi connectivity index (χ3n) is 2.82. The van der Waals surface area contributed by atoms with E-state index in [2.05, 4.69) is 43.6 Å². The van der Waals surface area contributed by atoms with E-state index in [1.807, 2.05) is 6.07 Å². The lowest BCUT2D eigenvalue weighted by Crippen LogP contribution is -2.04. The van der Waals surface area contributed by atoms with Crippen LogP contribution in [0.2, 0.25) is 0 Å². The summed E-state index contributed by atoms with van der Waals surface area (Å²) in [5.74, 6) is 0.633. The van der Waals surface area contributed by atoms with Gasteiger partial charge in [-0.2, -0.15) is 5.10 Å². The van der Waals surface area contributed by atoms with Crippen LogP contribution in [0.3, 0.4) is 0 Å². The highest BCUT2D eigenvalue weighted by molar-refractivity contribution is 5.29. The van der Waals surface area contributed by atoms with E-state index in [0.717, 1.165) is 6.54 Å². The average molecular weight is 266 g/mol. The number of aromatic nitrogens is 5. The second-order valence-electron chi connectivity index (χ2n) is 4.34. The van der Waals surface area contributed by atoms with Gasteiger partial charge in [0.05, 0.1) is 6.54 Å². The van der Waals surface area contributed by atoms with E-state index >= 15 is 0 Å². The molecule has 0 aliphatic heterocycles. The van der Waals surface area contributed by atoms with Gasteiger partial charge in [-0.15, -0.1) is 0 Å². The van der Waals surface area contributed by atoms with Gasteiger partial charge in [0.15, 0.2) is 0 Å². The Kier molecular flexibility index (Phi) is 3.64. The Balaban J connectivity index is 1.65. The molecule has 0 saturated heterocycles. The lowest BCUT2D eigenvalue weighted by Gasteiger charge is -2.07. The average Bonchev–Trinajstić information content (AvgIpc) is 3.00. The minimum atomic E-state index is 0.633. The van der Waals surface area contributed by atoms with E-state index in [1.165, 1.54) is 17.5 Å². The van der Waals surface area contributed by atoms with Crippen LogP contribution < -0.4 is 5.32 Å². The van der Waals surface area contributed by atoms with E-state index in [-0.39, 0.29) is 0 Å². The third kappa shape index (κ3) is 3.17. The Morgan fingerprint density at radius 1 is 1.05 bits per heavy atom. The molecule has 2 heterocycles. The van der Waals surface area contributed by atoms with Gasteiger partial charge in [-0.05, 0) is 17.2 Å². The molecule has 100 valence electrons. The smallest absolute Gasteiger partial charge is 0.222 e. The first-order valence-electron chi connectivity index (χ1n) is 6.31. The summed E-state index contributed by atoms with van der Waals surface area (Å²) in [5.41, 5.74) is 2.36. The molecular formula is C14H14N6. The molecule has 2 aromatic heterocycles. The van der Waals surface area contributed by atoms with E-state index < -0.39 is 0 Å². The topological polar surface area (TPSA) is 68.5 Å². The number of anilines is 1. The molecule has 0 spiro atoms. The van der Waals surface area contributed by atoms with Gasteiger partial charge in [0, 0.05) is 18.9 Å². The third-order valence-corrected chi connectivity index (χ3v) is 2.82. The summed E-state index contributed by atoms with van der Waals surface area (Å²) in [7, 11) is 0. The first kappa shape index (κ1) is 12.3. The molecule has 0 radical (unpaired) electrons. The van der Waals surface area contributed by atoms with Gasteiger partial charge in [-0.1, -0.05) is 24.3 Å². The van der Waals surface area contributed by atoms with E-state index in [1.54, 1.807) is 29.5 Å². The highest BCUT2D eigenvalue weighted by Gasteiger charge is 1.99. The molecular weight excluding hydrogens is 252 g/mol. The van der Waals surface area contributed by atoms with Gasteiger partial charge >= 0.3 is 0 Å². The van der Waals surface area contributed by atoms with Gasteiger partial charge in [0.1, 0.15) is 12.7 Å². The Morgan fingerprint density at radius 2 is 1.90 bits per heavy atom. The summed E-state index contributed by atoms with van der Waals surface area (Å²) in [6.45, 7) is 1.41. The molecule has 6 nitrogen and oxygen atoms in total.